The van der Waals surface area contributed by atoms with Crippen molar-refractivity contribution in [3.8, 4) is 66.8 Å². The fraction of sp³-hybridized carbons (Fsp3) is 0.136. The van der Waals surface area contributed by atoms with Crippen LogP contribution in [0.1, 0.15) is 43.2 Å². The first-order chi connectivity index (χ1) is 23.8. The molecule has 0 radical (unpaired) electrons. The van der Waals surface area contributed by atoms with Crippen LogP contribution >= 0.6 is 0 Å². The van der Waals surface area contributed by atoms with E-state index in [2.05, 4.69) is 129 Å². The van der Waals surface area contributed by atoms with Crippen molar-refractivity contribution in [1.29, 1.82) is 0 Å². The van der Waals surface area contributed by atoms with Gasteiger partial charge < -0.3 is 0 Å². The quantitative estimate of drug-likeness (QED) is 0.193. The van der Waals surface area contributed by atoms with Gasteiger partial charge in [-0.1, -0.05) is 98.1 Å². The number of fused-ring (bicyclic) bond motifs is 5. The Kier molecular flexibility index (Phi) is 7.01. The molecule has 2 aliphatic rings. The molecule has 2 aliphatic carbocycles. The van der Waals surface area contributed by atoms with E-state index in [1.165, 1.54) is 76.6 Å². The highest BCUT2D eigenvalue weighted by Crippen LogP contribution is 2.57. The molecule has 48 heavy (non-hydrogen) atoms. The highest BCUT2D eigenvalue weighted by atomic mass is 14.8. The molecule has 5 aromatic carbocycles. The lowest BCUT2D eigenvalue weighted by molar-refractivity contribution is 0.353. The fourth-order valence-corrected chi connectivity index (χ4v) is 8.21. The van der Waals surface area contributed by atoms with E-state index in [4.69, 9.17) is 0 Å². The summed E-state index contributed by atoms with van der Waals surface area (Å²) < 4.78 is 0. The third-order valence-electron chi connectivity index (χ3n) is 10.4. The third kappa shape index (κ3) is 4.84. The van der Waals surface area contributed by atoms with Crippen molar-refractivity contribution < 1.29 is 0 Å². The maximum Gasteiger partial charge on any atom is 0.115 e. The minimum Gasteiger partial charge on any atom is -0.244 e. The topological polar surface area (TPSA) is 51.6 Å². The zero-order chi connectivity index (χ0) is 31.9. The molecule has 7 aromatic rings. The molecule has 4 heteroatoms. The van der Waals surface area contributed by atoms with Gasteiger partial charge >= 0.3 is 0 Å². The number of hydrogen-bond acceptors (Lipinski definition) is 4. The molecule has 1 spiro atoms. The summed E-state index contributed by atoms with van der Waals surface area (Å²) in [6.07, 6.45) is 17.0. The van der Waals surface area contributed by atoms with Crippen LogP contribution in [-0.2, 0) is 5.41 Å². The molecule has 0 amide bonds. The first-order valence-corrected chi connectivity index (χ1v) is 16.9. The normalized spacial score (nSPS) is 14.4. The third-order valence-corrected chi connectivity index (χ3v) is 10.4. The standard InChI is InChI=1S/C44H34N4/c1-4-17-44(18-5-1)41-15-3-2-13-40(41)43-39(14-8-16-42(43)44)33-12-7-10-31(20-33)30-9-6-11-32(19-30)34-21-35(37-24-45-28-46-25-37)23-36(22-34)38-26-47-29-48-27-38/h2-3,6-16,19-29H,1,4-5,17-18H2. The maximum absolute atomic E-state index is 4.28. The predicted octanol–water partition coefficient (Wildman–Crippen LogP) is 10.8. The van der Waals surface area contributed by atoms with E-state index in [9.17, 15) is 0 Å². The summed E-state index contributed by atoms with van der Waals surface area (Å²) >= 11 is 0. The lowest BCUT2D eigenvalue weighted by Gasteiger charge is -2.36. The Morgan fingerprint density at radius 1 is 0.375 bits per heavy atom. The Labute approximate surface area is 281 Å². The average molecular weight is 619 g/mol. The minimum absolute atomic E-state index is 0.150. The van der Waals surface area contributed by atoms with Crippen molar-refractivity contribution in [3.05, 3.63) is 158 Å². The van der Waals surface area contributed by atoms with Gasteiger partial charge in [0.15, 0.2) is 0 Å². The summed E-state index contributed by atoms with van der Waals surface area (Å²) in [5, 5.41) is 0. The number of rotatable bonds is 5. The Morgan fingerprint density at radius 3 is 1.48 bits per heavy atom. The Balaban J connectivity index is 1.14. The van der Waals surface area contributed by atoms with Crippen LogP contribution in [0.15, 0.2) is 147 Å². The van der Waals surface area contributed by atoms with E-state index in [0.29, 0.717) is 0 Å². The van der Waals surface area contributed by atoms with Crippen molar-refractivity contribution >= 4 is 0 Å². The Morgan fingerprint density at radius 2 is 0.833 bits per heavy atom. The summed E-state index contributed by atoms with van der Waals surface area (Å²) in [5.74, 6) is 0. The van der Waals surface area contributed by atoms with Gasteiger partial charge in [0.1, 0.15) is 12.7 Å². The summed E-state index contributed by atoms with van der Waals surface area (Å²) in [6.45, 7) is 0. The van der Waals surface area contributed by atoms with Crippen LogP contribution in [0.25, 0.3) is 66.8 Å². The van der Waals surface area contributed by atoms with Gasteiger partial charge in [0.25, 0.3) is 0 Å². The zero-order valence-corrected chi connectivity index (χ0v) is 26.7. The molecule has 1 fully saturated rings. The molecular weight excluding hydrogens is 585 g/mol. The van der Waals surface area contributed by atoms with Gasteiger partial charge in [-0.05, 0) is 110 Å². The van der Waals surface area contributed by atoms with Crippen LogP contribution in [0, 0.1) is 0 Å². The van der Waals surface area contributed by atoms with Gasteiger partial charge in [0.2, 0.25) is 0 Å². The van der Waals surface area contributed by atoms with Gasteiger partial charge in [-0.3, -0.25) is 0 Å². The van der Waals surface area contributed by atoms with E-state index in [1.807, 2.05) is 24.8 Å². The summed E-state index contributed by atoms with van der Waals surface area (Å²) in [4.78, 5) is 17.1. The number of nitrogens with zero attached hydrogens (tertiary/aromatic N) is 4. The predicted molar refractivity (Wildman–Crippen MR) is 194 cm³/mol. The van der Waals surface area contributed by atoms with Crippen molar-refractivity contribution in [2.45, 2.75) is 37.5 Å². The molecule has 0 N–H and O–H groups in total. The van der Waals surface area contributed by atoms with Gasteiger partial charge in [-0.25, -0.2) is 19.9 Å². The molecule has 0 atom stereocenters. The van der Waals surface area contributed by atoms with Crippen LogP contribution in [0.4, 0.5) is 0 Å². The van der Waals surface area contributed by atoms with Crippen LogP contribution in [-0.4, -0.2) is 19.9 Å². The molecule has 9 rings (SSSR count). The largest absolute Gasteiger partial charge is 0.244 e. The molecular formula is C44H34N4. The molecule has 2 aromatic heterocycles. The molecule has 230 valence electrons. The van der Waals surface area contributed by atoms with Crippen LogP contribution in [0.5, 0.6) is 0 Å². The fourth-order valence-electron chi connectivity index (χ4n) is 8.21. The SMILES string of the molecule is c1cc(-c2cc(-c3cncnc3)cc(-c3cncnc3)c2)cc(-c2cccc(-c3cccc4c3-c3ccccc3C43CCCCC3)c2)c1. The monoisotopic (exact) mass is 618 g/mol. The van der Waals surface area contributed by atoms with E-state index < -0.39 is 0 Å². The second-order valence-electron chi connectivity index (χ2n) is 13.1. The van der Waals surface area contributed by atoms with E-state index in [-0.39, 0.29) is 5.41 Å². The van der Waals surface area contributed by atoms with E-state index in [0.717, 1.165) is 33.4 Å². The number of hydrogen-bond donors (Lipinski definition) is 0. The molecule has 0 aliphatic heterocycles. The summed E-state index contributed by atoms with van der Waals surface area (Å²) in [5.41, 5.74) is 17.3. The maximum atomic E-state index is 4.28. The van der Waals surface area contributed by atoms with Crippen LogP contribution in [0.2, 0.25) is 0 Å². The smallest absolute Gasteiger partial charge is 0.115 e. The van der Waals surface area contributed by atoms with E-state index >= 15 is 0 Å². The molecule has 0 bridgehead atoms. The highest BCUT2D eigenvalue weighted by molar-refractivity contribution is 5.93. The van der Waals surface area contributed by atoms with Crippen LogP contribution < -0.4 is 0 Å². The molecule has 4 nitrogen and oxygen atoms in total. The van der Waals surface area contributed by atoms with Gasteiger partial charge in [0, 0.05) is 41.3 Å². The van der Waals surface area contributed by atoms with Gasteiger partial charge in [-0.15, -0.1) is 0 Å². The van der Waals surface area contributed by atoms with Crippen molar-refractivity contribution in [1.82, 2.24) is 19.9 Å². The van der Waals surface area contributed by atoms with Gasteiger partial charge in [0.05, 0.1) is 0 Å². The first-order valence-electron chi connectivity index (χ1n) is 16.9. The molecule has 0 saturated heterocycles. The summed E-state index contributed by atoms with van der Waals surface area (Å²) in [6, 6.07) is 40.7. The van der Waals surface area contributed by atoms with E-state index in [1.54, 1.807) is 12.7 Å². The summed E-state index contributed by atoms with van der Waals surface area (Å²) in [7, 11) is 0. The lowest BCUT2D eigenvalue weighted by Crippen LogP contribution is -2.27. The number of benzene rings is 5. The highest BCUT2D eigenvalue weighted by Gasteiger charge is 2.44. The molecule has 2 heterocycles. The second kappa shape index (κ2) is 11.8. The lowest BCUT2D eigenvalue weighted by atomic mass is 9.68. The second-order valence-corrected chi connectivity index (χ2v) is 13.1. The Hall–Kier alpha value is -5.74. The molecule has 0 unspecified atom stereocenters. The van der Waals surface area contributed by atoms with Crippen molar-refractivity contribution in [2.75, 3.05) is 0 Å². The van der Waals surface area contributed by atoms with Crippen molar-refractivity contribution in [2.24, 2.45) is 0 Å². The number of aromatic nitrogens is 4. The van der Waals surface area contributed by atoms with Crippen LogP contribution in [0.3, 0.4) is 0 Å². The van der Waals surface area contributed by atoms with Gasteiger partial charge in [-0.2, -0.15) is 0 Å². The Bertz CT molecular complexity index is 2210. The minimum atomic E-state index is 0.150. The van der Waals surface area contributed by atoms with Crippen molar-refractivity contribution in [3.63, 3.8) is 0 Å². The zero-order valence-electron chi connectivity index (χ0n) is 26.7. The molecule has 1 saturated carbocycles. The first kappa shape index (κ1) is 28.5. The average Bonchev–Trinajstić information content (AvgIpc) is 3.44.